The van der Waals surface area contributed by atoms with Crippen LogP contribution in [0.15, 0.2) is 35.2 Å². The second-order valence-electron chi connectivity index (χ2n) is 4.80. The first-order valence-corrected chi connectivity index (χ1v) is 7.57. The number of hydrogen-bond donors (Lipinski definition) is 0. The highest BCUT2D eigenvalue weighted by atomic mass is 32.1. The monoisotopic (exact) mass is 272 g/mol. The maximum Gasteiger partial charge on any atom is 0.255 e. The predicted octanol–water partition coefficient (Wildman–Crippen LogP) is 3.44. The highest BCUT2D eigenvalue weighted by Crippen LogP contribution is 2.20. The summed E-state index contributed by atoms with van der Waals surface area (Å²) in [7, 11) is 0. The van der Waals surface area contributed by atoms with Crippen molar-refractivity contribution in [2.24, 2.45) is 0 Å². The fourth-order valence-corrected chi connectivity index (χ4v) is 3.03. The van der Waals surface area contributed by atoms with Crippen molar-refractivity contribution in [2.45, 2.75) is 19.3 Å². The fraction of sp³-hybridized carbons (Fsp3) is 0.333. The number of carbonyl (C=O) groups is 1. The lowest BCUT2D eigenvalue weighted by Crippen LogP contribution is -2.35. The van der Waals surface area contributed by atoms with Crippen LogP contribution in [0, 0.1) is 0 Å². The molecule has 4 heteroatoms. The van der Waals surface area contributed by atoms with Crippen molar-refractivity contribution >= 4 is 17.2 Å². The quantitative estimate of drug-likeness (QED) is 0.839. The van der Waals surface area contributed by atoms with E-state index in [0.717, 1.165) is 37.2 Å². The van der Waals surface area contributed by atoms with E-state index in [4.69, 9.17) is 0 Å². The Balaban J connectivity index is 1.76. The summed E-state index contributed by atoms with van der Waals surface area (Å²) in [6.07, 6.45) is 5.17. The SMILES string of the molecule is O=C(c1ccc(-c2ccsc2)nc1)N1CCCCC1. The number of likely N-dealkylation sites (tertiary alicyclic amines) is 1. The standard InChI is InChI=1S/C15H16N2OS/c18-15(17-7-2-1-3-8-17)12-4-5-14(16-10-12)13-6-9-19-11-13/h4-6,9-11H,1-3,7-8H2. The van der Waals surface area contributed by atoms with Crippen LogP contribution in [0.3, 0.4) is 0 Å². The van der Waals surface area contributed by atoms with Crippen LogP contribution in [0.1, 0.15) is 29.6 Å². The fourth-order valence-electron chi connectivity index (χ4n) is 2.38. The van der Waals surface area contributed by atoms with E-state index in [2.05, 4.69) is 10.4 Å². The van der Waals surface area contributed by atoms with Gasteiger partial charge in [-0.05, 0) is 42.8 Å². The van der Waals surface area contributed by atoms with Crippen molar-refractivity contribution in [1.29, 1.82) is 0 Å². The van der Waals surface area contributed by atoms with Gasteiger partial charge in [0.2, 0.25) is 0 Å². The van der Waals surface area contributed by atoms with Crippen LogP contribution in [-0.4, -0.2) is 28.9 Å². The molecule has 2 aromatic heterocycles. The molecule has 0 aliphatic carbocycles. The number of piperidine rings is 1. The van der Waals surface area contributed by atoms with Gasteiger partial charge in [0.1, 0.15) is 0 Å². The molecule has 0 N–H and O–H groups in total. The Morgan fingerprint density at radius 3 is 2.63 bits per heavy atom. The van der Waals surface area contributed by atoms with Crippen LogP contribution < -0.4 is 0 Å². The van der Waals surface area contributed by atoms with Gasteiger partial charge in [0.25, 0.3) is 5.91 Å². The number of nitrogens with zero attached hydrogens (tertiary/aromatic N) is 2. The minimum atomic E-state index is 0.115. The van der Waals surface area contributed by atoms with Crippen molar-refractivity contribution < 1.29 is 4.79 Å². The molecule has 3 rings (SSSR count). The first-order valence-electron chi connectivity index (χ1n) is 6.62. The van der Waals surface area contributed by atoms with Gasteiger partial charge in [0.05, 0.1) is 11.3 Å². The molecule has 0 saturated carbocycles. The minimum absolute atomic E-state index is 0.115. The maximum absolute atomic E-state index is 12.3. The molecule has 1 aliphatic heterocycles. The molecule has 1 aliphatic rings. The lowest BCUT2D eigenvalue weighted by molar-refractivity contribution is 0.0724. The Morgan fingerprint density at radius 2 is 2.00 bits per heavy atom. The topological polar surface area (TPSA) is 33.2 Å². The molecular formula is C15H16N2OS. The van der Waals surface area contributed by atoms with Gasteiger partial charge in [-0.15, -0.1) is 0 Å². The lowest BCUT2D eigenvalue weighted by Gasteiger charge is -2.26. The number of thiophene rings is 1. The van der Waals surface area contributed by atoms with Crippen LogP contribution in [0.4, 0.5) is 0 Å². The van der Waals surface area contributed by atoms with Crippen molar-refractivity contribution in [2.75, 3.05) is 13.1 Å². The molecule has 1 fully saturated rings. The third-order valence-corrected chi connectivity index (χ3v) is 4.15. The van der Waals surface area contributed by atoms with Crippen molar-refractivity contribution in [1.82, 2.24) is 9.88 Å². The number of aromatic nitrogens is 1. The zero-order chi connectivity index (χ0) is 13.1. The second-order valence-corrected chi connectivity index (χ2v) is 5.58. The number of rotatable bonds is 2. The van der Waals surface area contributed by atoms with E-state index >= 15 is 0 Å². The summed E-state index contributed by atoms with van der Waals surface area (Å²) in [5.41, 5.74) is 2.74. The Morgan fingerprint density at radius 1 is 1.16 bits per heavy atom. The number of carbonyl (C=O) groups excluding carboxylic acids is 1. The van der Waals surface area contributed by atoms with E-state index in [9.17, 15) is 4.79 Å². The normalized spacial score (nSPS) is 15.5. The molecule has 19 heavy (non-hydrogen) atoms. The lowest BCUT2D eigenvalue weighted by atomic mass is 10.1. The first kappa shape index (κ1) is 12.4. The molecule has 1 amide bonds. The summed E-state index contributed by atoms with van der Waals surface area (Å²) < 4.78 is 0. The van der Waals surface area contributed by atoms with Gasteiger partial charge in [0.15, 0.2) is 0 Å². The van der Waals surface area contributed by atoms with Crippen molar-refractivity contribution in [3.8, 4) is 11.3 Å². The van der Waals surface area contributed by atoms with Gasteiger partial charge >= 0.3 is 0 Å². The summed E-state index contributed by atoms with van der Waals surface area (Å²) >= 11 is 1.65. The summed E-state index contributed by atoms with van der Waals surface area (Å²) in [5.74, 6) is 0.115. The van der Waals surface area contributed by atoms with Crippen LogP contribution in [0.2, 0.25) is 0 Å². The molecule has 0 atom stereocenters. The largest absolute Gasteiger partial charge is 0.339 e. The highest BCUT2D eigenvalue weighted by Gasteiger charge is 2.18. The number of amides is 1. The zero-order valence-electron chi connectivity index (χ0n) is 10.7. The molecule has 0 unspecified atom stereocenters. The van der Waals surface area contributed by atoms with Crippen LogP contribution in [-0.2, 0) is 0 Å². The molecule has 3 heterocycles. The van der Waals surface area contributed by atoms with Gasteiger partial charge in [-0.1, -0.05) is 0 Å². The predicted molar refractivity (Wildman–Crippen MR) is 77.3 cm³/mol. The van der Waals surface area contributed by atoms with E-state index in [1.165, 1.54) is 6.42 Å². The minimum Gasteiger partial charge on any atom is -0.339 e. The number of hydrogen-bond acceptors (Lipinski definition) is 3. The van der Waals surface area contributed by atoms with Gasteiger partial charge in [0, 0.05) is 30.2 Å². The van der Waals surface area contributed by atoms with Gasteiger partial charge in [-0.25, -0.2) is 0 Å². The summed E-state index contributed by atoms with van der Waals surface area (Å²) in [6.45, 7) is 1.76. The average Bonchev–Trinajstić information content (AvgIpc) is 3.02. The molecule has 2 aromatic rings. The van der Waals surface area contributed by atoms with Gasteiger partial charge in [-0.2, -0.15) is 11.3 Å². The summed E-state index contributed by atoms with van der Waals surface area (Å²) in [4.78, 5) is 18.6. The Hall–Kier alpha value is -1.68. The van der Waals surface area contributed by atoms with Crippen LogP contribution >= 0.6 is 11.3 Å². The van der Waals surface area contributed by atoms with E-state index in [0.29, 0.717) is 5.56 Å². The Labute approximate surface area is 116 Å². The molecule has 0 spiro atoms. The van der Waals surface area contributed by atoms with E-state index in [-0.39, 0.29) is 5.91 Å². The van der Waals surface area contributed by atoms with Crippen molar-refractivity contribution in [3.05, 3.63) is 40.7 Å². The maximum atomic E-state index is 12.3. The van der Waals surface area contributed by atoms with E-state index in [1.54, 1.807) is 17.5 Å². The Kier molecular flexibility index (Phi) is 3.60. The van der Waals surface area contributed by atoms with Crippen LogP contribution in [0.25, 0.3) is 11.3 Å². The molecular weight excluding hydrogens is 256 g/mol. The molecule has 0 aromatic carbocycles. The first-order chi connectivity index (χ1) is 9.34. The third-order valence-electron chi connectivity index (χ3n) is 3.47. The van der Waals surface area contributed by atoms with Crippen molar-refractivity contribution in [3.63, 3.8) is 0 Å². The molecule has 98 valence electrons. The highest BCUT2D eigenvalue weighted by molar-refractivity contribution is 7.08. The van der Waals surface area contributed by atoms with Gasteiger partial charge in [-0.3, -0.25) is 9.78 Å². The van der Waals surface area contributed by atoms with Crippen LogP contribution in [0.5, 0.6) is 0 Å². The molecule has 0 radical (unpaired) electrons. The smallest absolute Gasteiger partial charge is 0.255 e. The van der Waals surface area contributed by atoms with E-state index in [1.807, 2.05) is 28.5 Å². The molecule has 3 nitrogen and oxygen atoms in total. The Bertz CT molecular complexity index is 542. The zero-order valence-corrected chi connectivity index (χ0v) is 11.5. The second kappa shape index (κ2) is 5.53. The summed E-state index contributed by atoms with van der Waals surface area (Å²) in [5, 5.41) is 4.10. The molecule has 0 bridgehead atoms. The summed E-state index contributed by atoms with van der Waals surface area (Å²) in [6, 6.07) is 5.86. The third kappa shape index (κ3) is 2.68. The van der Waals surface area contributed by atoms with Gasteiger partial charge < -0.3 is 4.90 Å². The molecule has 1 saturated heterocycles. The van der Waals surface area contributed by atoms with E-state index < -0.39 is 0 Å². The number of pyridine rings is 1. The average molecular weight is 272 g/mol.